The summed E-state index contributed by atoms with van der Waals surface area (Å²) in [6, 6.07) is 28.9. The Hall–Kier alpha value is -4.64. The molecule has 5 nitrogen and oxygen atoms in total. The van der Waals surface area contributed by atoms with Gasteiger partial charge in [0, 0.05) is 34.7 Å². The van der Waals surface area contributed by atoms with Crippen LogP contribution in [0.2, 0.25) is 0 Å². The van der Waals surface area contributed by atoms with Gasteiger partial charge < -0.3 is 0 Å². The maximum atomic E-state index is 5.09. The van der Waals surface area contributed by atoms with Crippen LogP contribution in [-0.2, 0) is 0 Å². The number of hydrogen-bond donors (Lipinski definition) is 0. The predicted molar refractivity (Wildman–Crippen MR) is 132 cm³/mol. The minimum Gasteiger partial charge on any atom is -0.265 e. The van der Waals surface area contributed by atoms with Gasteiger partial charge in [0.25, 0.3) is 0 Å². The lowest BCUT2D eigenvalue weighted by Crippen LogP contribution is -1.96. The van der Waals surface area contributed by atoms with Gasteiger partial charge in [0.15, 0.2) is 0 Å². The summed E-state index contributed by atoms with van der Waals surface area (Å²) < 4.78 is 1.99. The average Bonchev–Trinajstić information content (AvgIpc) is 3.27. The lowest BCUT2D eigenvalue weighted by Gasteiger charge is -2.11. The number of rotatable bonds is 2. The molecule has 0 fully saturated rings. The second-order valence-corrected chi connectivity index (χ2v) is 8.05. The van der Waals surface area contributed by atoms with Crippen molar-refractivity contribution in [2.24, 2.45) is 0 Å². The summed E-state index contributed by atoms with van der Waals surface area (Å²) >= 11 is 0. The summed E-state index contributed by atoms with van der Waals surface area (Å²) in [5.74, 6) is 0. The summed E-state index contributed by atoms with van der Waals surface area (Å²) in [7, 11) is 0. The van der Waals surface area contributed by atoms with E-state index in [1.807, 2.05) is 59.5 Å². The van der Waals surface area contributed by atoms with Crippen molar-refractivity contribution < 1.29 is 0 Å². The number of nitrogens with zero attached hydrogens (tertiary/aromatic N) is 5. The fraction of sp³-hybridized carbons (Fsp3) is 0. The molecule has 0 N–H and O–H groups in total. The average molecular weight is 423 g/mol. The van der Waals surface area contributed by atoms with Crippen LogP contribution in [0.1, 0.15) is 0 Å². The molecule has 5 heterocycles. The van der Waals surface area contributed by atoms with E-state index in [9.17, 15) is 0 Å². The van der Waals surface area contributed by atoms with Gasteiger partial charge >= 0.3 is 0 Å². The molecule has 33 heavy (non-hydrogen) atoms. The third-order valence-electron chi connectivity index (χ3n) is 6.15. The van der Waals surface area contributed by atoms with Crippen molar-refractivity contribution in [3.05, 3.63) is 104 Å². The molecule has 5 aromatic heterocycles. The van der Waals surface area contributed by atoms with Gasteiger partial charge in [-0.1, -0.05) is 36.4 Å². The minimum absolute atomic E-state index is 0.865. The van der Waals surface area contributed by atoms with Gasteiger partial charge in [-0.15, -0.1) is 0 Å². The Morgan fingerprint density at radius 3 is 2.48 bits per heavy atom. The van der Waals surface area contributed by atoms with E-state index in [1.54, 1.807) is 0 Å². The number of fused-ring (bicyclic) bond motifs is 6. The first-order valence-electron chi connectivity index (χ1n) is 10.8. The zero-order valence-electron chi connectivity index (χ0n) is 17.6. The van der Waals surface area contributed by atoms with E-state index in [0.717, 1.165) is 60.7 Å². The van der Waals surface area contributed by atoms with Crippen LogP contribution < -0.4 is 0 Å². The Morgan fingerprint density at radius 1 is 0.667 bits per heavy atom. The van der Waals surface area contributed by atoms with Crippen LogP contribution in [0.4, 0.5) is 0 Å². The highest BCUT2D eigenvalue weighted by Gasteiger charge is 2.14. The second kappa shape index (κ2) is 6.93. The quantitative estimate of drug-likeness (QED) is 0.306. The smallest absolute Gasteiger partial charge is 0.0973 e. The van der Waals surface area contributed by atoms with Gasteiger partial charge in [0.05, 0.1) is 33.5 Å². The van der Waals surface area contributed by atoms with Crippen molar-refractivity contribution >= 4 is 38.2 Å². The zero-order chi connectivity index (χ0) is 21.8. The van der Waals surface area contributed by atoms with Crippen molar-refractivity contribution in [2.45, 2.75) is 0 Å². The molecular formula is C28H17N5. The molecule has 0 spiro atoms. The number of benzene rings is 2. The van der Waals surface area contributed by atoms with Gasteiger partial charge in [-0.2, -0.15) is 5.10 Å². The maximum Gasteiger partial charge on any atom is 0.0973 e. The molecule has 154 valence electrons. The van der Waals surface area contributed by atoms with Crippen molar-refractivity contribution in [1.82, 2.24) is 24.6 Å². The SMILES string of the molecule is c1ccc2c(c1)nn1c(-c3ccc4cc(-c5ccncc5)c5cccnc5c4n3)cccc21. The molecule has 0 aliphatic heterocycles. The fourth-order valence-electron chi connectivity index (χ4n) is 4.63. The van der Waals surface area contributed by atoms with E-state index >= 15 is 0 Å². The number of pyridine rings is 4. The lowest BCUT2D eigenvalue weighted by atomic mass is 9.98. The van der Waals surface area contributed by atoms with Gasteiger partial charge in [0.1, 0.15) is 0 Å². The zero-order valence-corrected chi connectivity index (χ0v) is 17.6. The van der Waals surface area contributed by atoms with Crippen LogP contribution >= 0.6 is 0 Å². The van der Waals surface area contributed by atoms with Crippen molar-refractivity contribution in [2.75, 3.05) is 0 Å². The van der Waals surface area contributed by atoms with E-state index in [0.29, 0.717) is 0 Å². The van der Waals surface area contributed by atoms with E-state index < -0.39 is 0 Å². The third-order valence-corrected chi connectivity index (χ3v) is 6.15. The van der Waals surface area contributed by atoms with Gasteiger partial charge in [0.2, 0.25) is 0 Å². The molecule has 0 bridgehead atoms. The molecular weight excluding hydrogens is 406 g/mol. The molecule has 0 saturated carbocycles. The van der Waals surface area contributed by atoms with Crippen LogP contribution in [0.3, 0.4) is 0 Å². The lowest BCUT2D eigenvalue weighted by molar-refractivity contribution is 0.984. The van der Waals surface area contributed by atoms with E-state index in [1.165, 1.54) is 0 Å². The largest absolute Gasteiger partial charge is 0.265 e. The second-order valence-electron chi connectivity index (χ2n) is 8.05. The van der Waals surface area contributed by atoms with Crippen LogP contribution in [0, 0.1) is 0 Å². The van der Waals surface area contributed by atoms with E-state index in [-0.39, 0.29) is 0 Å². The molecule has 0 aliphatic carbocycles. The van der Waals surface area contributed by atoms with Gasteiger partial charge in [-0.3, -0.25) is 9.97 Å². The first-order valence-corrected chi connectivity index (χ1v) is 10.8. The highest BCUT2D eigenvalue weighted by molar-refractivity contribution is 6.10. The molecule has 7 rings (SSSR count). The van der Waals surface area contributed by atoms with Crippen molar-refractivity contribution in [3.8, 4) is 22.5 Å². The first kappa shape index (κ1) is 18.0. The van der Waals surface area contributed by atoms with E-state index in [2.05, 4.69) is 53.5 Å². The predicted octanol–water partition coefficient (Wildman–Crippen LogP) is 6.31. The van der Waals surface area contributed by atoms with Gasteiger partial charge in [-0.25, -0.2) is 9.50 Å². The number of hydrogen-bond acceptors (Lipinski definition) is 4. The molecule has 0 atom stereocenters. The molecule has 5 heteroatoms. The minimum atomic E-state index is 0.865. The number of aromatic nitrogens is 5. The van der Waals surface area contributed by atoms with Crippen LogP contribution in [-0.4, -0.2) is 24.6 Å². The van der Waals surface area contributed by atoms with Crippen LogP contribution in [0.5, 0.6) is 0 Å². The van der Waals surface area contributed by atoms with Crippen LogP contribution in [0.25, 0.3) is 60.7 Å². The molecule has 7 aromatic rings. The van der Waals surface area contributed by atoms with Crippen LogP contribution in [0.15, 0.2) is 104 Å². The highest BCUT2D eigenvalue weighted by Crippen LogP contribution is 2.34. The topological polar surface area (TPSA) is 56.0 Å². The molecule has 0 amide bonds. The normalized spacial score (nSPS) is 11.6. The Labute approximate surface area is 189 Å². The molecule has 0 radical (unpaired) electrons. The third kappa shape index (κ3) is 2.72. The Bertz CT molecular complexity index is 1820. The Morgan fingerprint density at radius 2 is 1.55 bits per heavy atom. The molecule has 0 saturated heterocycles. The first-order chi connectivity index (χ1) is 16.4. The molecule has 2 aromatic carbocycles. The summed E-state index contributed by atoms with van der Waals surface area (Å²) in [6.07, 6.45) is 5.46. The summed E-state index contributed by atoms with van der Waals surface area (Å²) in [4.78, 5) is 14.0. The summed E-state index contributed by atoms with van der Waals surface area (Å²) in [5.41, 5.74) is 7.87. The van der Waals surface area contributed by atoms with Crippen molar-refractivity contribution in [3.63, 3.8) is 0 Å². The highest BCUT2D eigenvalue weighted by atomic mass is 15.2. The summed E-state index contributed by atoms with van der Waals surface area (Å²) in [5, 5.41) is 8.10. The van der Waals surface area contributed by atoms with Crippen molar-refractivity contribution in [1.29, 1.82) is 0 Å². The fourth-order valence-corrected chi connectivity index (χ4v) is 4.63. The Balaban J connectivity index is 1.51. The standard InChI is InChI=1S/C28H17N5/c1-2-7-23-21(5-1)25-8-3-9-26(33(25)32-23)24-11-10-19-17-22(18-12-15-29-16-13-18)20-6-4-14-30-28(20)27(19)31-24/h1-17H. The maximum absolute atomic E-state index is 5.09. The van der Waals surface area contributed by atoms with E-state index in [4.69, 9.17) is 15.1 Å². The molecule has 0 aliphatic rings. The van der Waals surface area contributed by atoms with Gasteiger partial charge in [-0.05, 0) is 59.7 Å². The monoisotopic (exact) mass is 423 g/mol. The Kier molecular flexibility index (Phi) is 3.78. The molecule has 0 unspecified atom stereocenters. The summed E-state index contributed by atoms with van der Waals surface area (Å²) in [6.45, 7) is 0.